The van der Waals surface area contributed by atoms with Gasteiger partial charge in [-0.25, -0.2) is 0 Å². The highest BCUT2D eigenvalue weighted by atomic mass is 16.4. The molecule has 0 aromatic carbocycles. The molecule has 0 aliphatic carbocycles. The van der Waals surface area contributed by atoms with Gasteiger partial charge in [-0.05, 0) is 47.5 Å². The molecule has 0 aromatic heterocycles. The van der Waals surface area contributed by atoms with Gasteiger partial charge in [0.2, 0.25) is 0 Å². The maximum absolute atomic E-state index is 11.9. The molecule has 1 fully saturated rings. The number of hydrogen-bond acceptors (Lipinski definition) is 5. The van der Waals surface area contributed by atoms with Crippen molar-refractivity contribution in [3.05, 3.63) is 11.8 Å². The number of nitrogens with zero attached hydrogens (tertiary/aromatic N) is 1. The van der Waals surface area contributed by atoms with Gasteiger partial charge in [0, 0.05) is 23.3 Å². The molecule has 0 radical (unpaired) electrons. The van der Waals surface area contributed by atoms with Crippen LogP contribution >= 0.6 is 0 Å². The van der Waals surface area contributed by atoms with Crippen molar-refractivity contribution in [3.8, 4) is 6.07 Å². The molecule has 1 aliphatic heterocycles. The number of piperidine rings is 1. The monoisotopic (exact) mass is 322 g/mol. The number of carbonyl (C=O) groups excluding carboxylic acids is 1. The Balaban J connectivity index is 2.75. The maximum Gasteiger partial charge on any atom is 0.325 e. The minimum Gasteiger partial charge on any atom is -0.480 e. The molecule has 4 N–H and O–H groups in total. The zero-order chi connectivity index (χ0) is 17.8. The van der Waals surface area contributed by atoms with Crippen LogP contribution in [-0.4, -0.2) is 40.1 Å². The first kappa shape index (κ1) is 19.0. The smallest absolute Gasteiger partial charge is 0.325 e. The summed E-state index contributed by atoms with van der Waals surface area (Å²) in [7, 11) is 0. The van der Waals surface area contributed by atoms with Crippen LogP contribution in [-0.2, 0) is 9.59 Å². The van der Waals surface area contributed by atoms with E-state index in [0.717, 1.165) is 12.8 Å². The summed E-state index contributed by atoms with van der Waals surface area (Å²) < 4.78 is 0. The average molecular weight is 322 g/mol. The van der Waals surface area contributed by atoms with E-state index in [1.807, 2.05) is 0 Å². The summed E-state index contributed by atoms with van der Waals surface area (Å²) in [5, 5.41) is 26.9. The van der Waals surface area contributed by atoms with Crippen LogP contribution in [0, 0.1) is 11.3 Å². The second kappa shape index (κ2) is 7.01. The topological polar surface area (TPSA) is 114 Å². The molecule has 1 unspecified atom stereocenters. The van der Waals surface area contributed by atoms with Crippen molar-refractivity contribution >= 4 is 11.9 Å². The third-order valence-corrected chi connectivity index (χ3v) is 3.74. The van der Waals surface area contributed by atoms with Crippen LogP contribution in [0.1, 0.15) is 47.5 Å². The SMILES string of the molecule is CC(NC(=O)/C(C#N)=C\NC1CC(C)(C)NC(C)(C)C1)C(=O)O. The number of nitrogens with one attached hydrogen (secondary N) is 3. The van der Waals surface area contributed by atoms with E-state index in [2.05, 4.69) is 43.6 Å². The van der Waals surface area contributed by atoms with Crippen LogP contribution in [0.5, 0.6) is 0 Å². The van der Waals surface area contributed by atoms with E-state index < -0.39 is 17.9 Å². The van der Waals surface area contributed by atoms with E-state index in [4.69, 9.17) is 10.4 Å². The molecule has 0 saturated carbocycles. The third kappa shape index (κ3) is 5.91. The van der Waals surface area contributed by atoms with Gasteiger partial charge in [0.25, 0.3) is 5.91 Å². The first-order valence-corrected chi connectivity index (χ1v) is 7.65. The van der Waals surface area contributed by atoms with E-state index in [-0.39, 0.29) is 22.7 Å². The van der Waals surface area contributed by atoms with Crippen LogP contribution in [0.2, 0.25) is 0 Å². The molecule has 1 heterocycles. The van der Waals surface area contributed by atoms with Crippen molar-refractivity contribution in [3.63, 3.8) is 0 Å². The van der Waals surface area contributed by atoms with Crippen molar-refractivity contribution < 1.29 is 14.7 Å². The lowest BCUT2D eigenvalue weighted by molar-refractivity contribution is -0.140. The largest absolute Gasteiger partial charge is 0.480 e. The van der Waals surface area contributed by atoms with E-state index in [0.29, 0.717) is 0 Å². The molecule has 0 aromatic rings. The van der Waals surface area contributed by atoms with Crippen molar-refractivity contribution in [2.24, 2.45) is 0 Å². The lowest BCUT2D eigenvalue weighted by Crippen LogP contribution is -2.61. The second-order valence-electron chi connectivity index (χ2n) is 7.37. The molecule has 7 heteroatoms. The van der Waals surface area contributed by atoms with Crippen LogP contribution in [0.15, 0.2) is 11.8 Å². The molecule has 1 atom stereocenters. The highest BCUT2D eigenvalue weighted by molar-refractivity contribution is 5.99. The molecular formula is C16H26N4O3. The van der Waals surface area contributed by atoms with Crippen molar-refractivity contribution in [1.82, 2.24) is 16.0 Å². The quantitative estimate of drug-likeness (QED) is 0.441. The Morgan fingerprint density at radius 1 is 1.30 bits per heavy atom. The van der Waals surface area contributed by atoms with Gasteiger partial charge in [-0.15, -0.1) is 0 Å². The number of amides is 1. The first-order valence-electron chi connectivity index (χ1n) is 7.65. The normalized spacial score (nSPS) is 21.8. The van der Waals surface area contributed by atoms with E-state index >= 15 is 0 Å². The number of aliphatic carboxylic acids is 1. The minimum absolute atomic E-state index is 0.0554. The lowest BCUT2D eigenvalue weighted by atomic mass is 9.80. The van der Waals surface area contributed by atoms with Crippen molar-refractivity contribution in [2.45, 2.75) is 70.6 Å². The predicted octanol–water partition coefficient (Wildman–Crippen LogP) is 0.882. The molecule has 1 saturated heterocycles. The zero-order valence-electron chi connectivity index (χ0n) is 14.4. The molecule has 7 nitrogen and oxygen atoms in total. The number of nitriles is 1. The third-order valence-electron chi connectivity index (χ3n) is 3.74. The predicted molar refractivity (Wildman–Crippen MR) is 86.4 cm³/mol. The standard InChI is InChI=1S/C16H26N4O3/c1-10(14(22)23)19-13(21)11(8-17)9-18-12-6-15(2,3)20-16(4,5)7-12/h9-10,12,18,20H,6-7H2,1-5H3,(H,19,21)(H,22,23)/b11-9-. The van der Waals surface area contributed by atoms with Crippen LogP contribution in [0.3, 0.4) is 0 Å². The molecule has 23 heavy (non-hydrogen) atoms. The number of hydrogen-bond donors (Lipinski definition) is 4. The minimum atomic E-state index is -1.15. The van der Waals surface area contributed by atoms with Gasteiger partial charge >= 0.3 is 5.97 Å². The Hall–Kier alpha value is -2.07. The Kier molecular flexibility index (Phi) is 5.78. The Bertz CT molecular complexity index is 530. The summed E-state index contributed by atoms with van der Waals surface area (Å²) in [5.74, 6) is -1.84. The fraction of sp³-hybridized carbons (Fsp3) is 0.688. The van der Waals surface area contributed by atoms with Gasteiger partial charge in [0.05, 0.1) is 0 Å². The second-order valence-corrected chi connectivity index (χ2v) is 7.37. The molecule has 0 spiro atoms. The van der Waals surface area contributed by atoms with E-state index in [1.54, 1.807) is 6.07 Å². The average Bonchev–Trinajstić information content (AvgIpc) is 2.35. The van der Waals surface area contributed by atoms with Crippen LogP contribution in [0.25, 0.3) is 0 Å². The van der Waals surface area contributed by atoms with Gasteiger partial charge in [0.1, 0.15) is 17.7 Å². The van der Waals surface area contributed by atoms with Gasteiger partial charge < -0.3 is 21.1 Å². The number of carboxylic acids is 1. The fourth-order valence-electron chi connectivity index (χ4n) is 3.13. The Labute approximate surface area is 137 Å². The summed E-state index contributed by atoms with van der Waals surface area (Å²) in [6.45, 7) is 9.79. The molecule has 1 aliphatic rings. The lowest BCUT2D eigenvalue weighted by Gasteiger charge is -2.46. The highest BCUT2D eigenvalue weighted by Crippen LogP contribution is 2.28. The van der Waals surface area contributed by atoms with Gasteiger partial charge in [-0.3, -0.25) is 9.59 Å². The number of rotatable bonds is 5. The highest BCUT2D eigenvalue weighted by Gasteiger charge is 2.37. The summed E-state index contributed by atoms with van der Waals surface area (Å²) >= 11 is 0. The van der Waals surface area contributed by atoms with E-state index in [9.17, 15) is 9.59 Å². The first-order chi connectivity index (χ1) is 10.5. The van der Waals surface area contributed by atoms with Crippen molar-refractivity contribution in [1.29, 1.82) is 5.26 Å². The Morgan fingerprint density at radius 3 is 2.26 bits per heavy atom. The molecule has 128 valence electrons. The molecule has 0 bridgehead atoms. The van der Waals surface area contributed by atoms with E-state index in [1.165, 1.54) is 13.1 Å². The summed E-state index contributed by atoms with van der Waals surface area (Å²) in [4.78, 5) is 22.7. The van der Waals surface area contributed by atoms with Gasteiger partial charge in [-0.1, -0.05) is 0 Å². The molecular weight excluding hydrogens is 296 g/mol. The van der Waals surface area contributed by atoms with Crippen LogP contribution < -0.4 is 16.0 Å². The number of carboxylic acid groups (broad SMARTS) is 1. The summed E-state index contributed by atoms with van der Waals surface area (Å²) in [6, 6.07) is 0.880. The zero-order valence-corrected chi connectivity index (χ0v) is 14.4. The molecule has 1 amide bonds. The van der Waals surface area contributed by atoms with Gasteiger partial charge in [-0.2, -0.15) is 5.26 Å². The van der Waals surface area contributed by atoms with Crippen LogP contribution in [0.4, 0.5) is 0 Å². The number of carbonyl (C=O) groups is 2. The summed E-state index contributed by atoms with van der Waals surface area (Å²) in [5.41, 5.74) is -0.243. The summed E-state index contributed by atoms with van der Waals surface area (Å²) in [6.07, 6.45) is 3.07. The fourth-order valence-corrected chi connectivity index (χ4v) is 3.13. The van der Waals surface area contributed by atoms with Gasteiger partial charge in [0.15, 0.2) is 0 Å². The maximum atomic E-state index is 11.9. The molecule has 1 rings (SSSR count). The van der Waals surface area contributed by atoms with Crippen molar-refractivity contribution in [2.75, 3.05) is 0 Å². The Morgan fingerprint density at radius 2 is 1.83 bits per heavy atom.